The molecule has 4 heteroatoms. The molecule has 0 saturated heterocycles. The molecule has 0 saturated carbocycles. The number of fused-ring (bicyclic) bond motifs is 6. The van der Waals surface area contributed by atoms with Gasteiger partial charge in [-0.1, -0.05) is 60.7 Å². The third kappa shape index (κ3) is 3.04. The van der Waals surface area contributed by atoms with Gasteiger partial charge >= 0.3 is 0 Å². The van der Waals surface area contributed by atoms with Gasteiger partial charge < -0.3 is 4.57 Å². The van der Waals surface area contributed by atoms with Crippen LogP contribution in [0.2, 0.25) is 0 Å². The average molecular weight is 487 g/mol. The molecule has 8 aromatic rings. The molecular formula is C34H22N4. The first-order chi connectivity index (χ1) is 18.9. The molecule has 4 nitrogen and oxygen atoms in total. The Labute approximate surface area is 219 Å². The lowest BCUT2D eigenvalue weighted by Crippen LogP contribution is -1.95. The summed E-state index contributed by atoms with van der Waals surface area (Å²) in [4.78, 5) is 9.11. The maximum absolute atomic E-state index is 4.71. The van der Waals surface area contributed by atoms with Gasteiger partial charge in [0.1, 0.15) is 5.65 Å². The first-order valence-corrected chi connectivity index (χ1v) is 12.8. The summed E-state index contributed by atoms with van der Waals surface area (Å²) in [5.74, 6) is 0. The lowest BCUT2D eigenvalue weighted by Gasteiger charge is -2.10. The molecule has 0 aliphatic rings. The van der Waals surface area contributed by atoms with Crippen LogP contribution in [0.5, 0.6) is 0 Å². The molecule has 0 atom stereocenters. The van der Waals surface area contributed by atoms with Crippen LogP contribution in [0.4, 0.5) is 0 Å². The van der Waals surface area contributed by atoms with Crippen molar-refractivity contribution >= 4 is 43.7 Å². The van der Waals surface area contributed by atoms with E-state index in [1.54, 1.807) is 0 Å². The minimum Gasteiger partial charge on any atom is -0.308 e. The van der Waals surface area contributed by atoms with E-state index in [2.05, 4.69) is 123 Å². The fraction of sp³-hybridized carbons (Fsp3) is 0. The smallest absolute Gasteiger partial charge is 0.145 e. The molecule has 0 bridgehead atoms. The molecular weight excluding hydrogens is 464 g/mol. The molecule has 178 valence electrons. The number of benzene rings is 4. The standard InChI is InChI=1S/C34H22N4/c1-3-9-31-27(6-1)29-19-21-35-22-33(29)37(31)25-15-11-23(12-16-25)24-13-17-26(18-14-24)38-32-10-4-2-7-28(32)30-8-5-20-36-34(30)38/h1-22H. The van der Waals surface area contributed by atoms with Crippen molar-refractivity contribution in [1.29, 1.82) is 0 Å². The maximum Gasteiger partial charge on any atom is 0.145 e. The van der Waals surface area contributed by atoms with Crippen molar-refractivity contribution in [2.75, 3.05) is 0 Å². The highest BCUT2D eigenvalue weighted by atomic mass is 15.0. The molecule has 0 fully saturated rings. The van der Waals surface area contributed by atoms with Gasteiger partial charge in [0.25, 0.3) is 0 Å². The molecule has 0 unspecified atom stereocenters. The molecule has 0 spiro atoms. The molecule has 0 radical (unpaired) electrons. The molecule has 8 rings (SSSR count). The van der Waals surface area contributed by atoms with Gasteiger partial charge in [-0.15, -0.1) is 0 Å². The number of nitrogens with zero attached hydrogens (tertiary/aromatic N) is 4. The summed E-state index contributed by atoms with van der Waals surface area (Å²) in [5.41, 5.74) is 9.04. The second-order valence-electron chi connectivity index (χ2n) is 9.57. The third-order valence-electron chi connectivity index (χ3n) is 7.49. The molecule has 0 aliphatic heterocycles. The van der Waals surface area contributed by atoms with E-state index in [-0.39, 0.29) is 0 Å². The van der Waals surface area contributed by atoms with Crippen molar-refractivity contribution < 1.29 is 0 Å². The second kappa shape index (κ2) is 8.15. The van der Waals surface area contributed by atoms with E-state index in [0.29, 0.717) is 0 Å². The van der Waals surface area contributed by atoms with Crippen molar-refractivity contribution in [3.63, 3.8) is 0 Å². The van der Waals surface area contributed by atoms with Crippen molar-refractivity contribution in [3.05, 3.63) is 134 Å². The van der Waals surface area contributed by atoms with Crippen LogP contribution >= 0.6 is 0 Å². The molecule has 0 N–H and O–H groups in total. The summed E-state index contributed by atoms with van der Waals surface area (Å²) in [5, 5.41) is 4.84. The van der Waals surface area contributed by atoms with Crippen molar-refractivity contribution in [1.82, 2.24) is 19.1 Å². The number of pyridine rings is 2. The van der Waals surface area contributed by atoms with Crippen molar-refractivity contribution in [3.8, 4) is 22.5 Å². The van der Waals surface area contributed by atoms with Gasteiger partial charge in [-0.05, 0) is 65.7 Å². The van der Waals surface area contributed by atoms with Gasteiger partial charge in [0.15, 0.2) is 0 Å². The summed E-state index contributed by atoms with van der Waals surface area (Å²) in [6.45, 7) is 0. The molecule has 0 aliphatic carbocycles. The van der Waals surface area contributed by atoms with E-state index in [1.807, 2.05) is 24.7 Å². The van der Waals surface area contributed by atoms with Crippen LogP contribution in [0.25, 0.3) is 66.2 Å². The summed E-state index contributed by atoms with van der Waals surface area (Å²) in [6, 6.07) is 40.8. The molecule has 4 aromatic heterocycles. The monoisotopic (exact) mass is 486 g/mol. The van der Waals surface area contributed by atoms with Crippen molar-refractivity contribution in [2.45, 2.75) is 0 Å². The predicted octanol–water partition coefficient (Wildman–Crippen LogP) is 8.34. The highest BCUT2D eigenvalue weighted by Gasteiger charge is 2.14. The Balaban J connectivity index is 1.20. The maximum atomic E-state index is 4.71. The quantitative estimate of drug-likeness (QED) is 0.252. The summed E-state index contributed by atoms with van der Waals surface area (Å²) >= 11 is 0. The Kier molecular flexibility index (Phi) is 4.49. The highest BCUT2D eigenvalue weighted by molar-refractivity contribution is 6.09. The molecule has 4 aromatic carbocycles. The van der Waals surface area contributed by atoms with Crippen LogP contribution in [-0.2, 0) is 0 Å². The van der Waals surface area contributed by atoms with E-state index in [1.165, 1.54) is 43.7 Å². The van der Waals surface area contributed by atoms with Crippen LogP contribution in [0.1, 0.15) is 0 Å². The van der Waals surface area contributed by atoms with Gasteiger partial charge in [-0.3, -0.25) is 9.55 Å². The third-order valence-corrected chi connectivity index (χ3v) is 7.49. The Morgan fingerprint density at radius 2 is 0.974 bits per heavy atom. The zero-order valence-electron chi connectivity index (χ0n) is 20.5. The topological polar surface area (TPSA) is 35.6 Å². The summed E-state index contributed by atoms with van der Waals surface area (Å²) in [7, 11) is 0. The Morgan fingerprint density at radius 3 is 1.68 bits per heavy atom. The van der Waals surface area contributed by atoms with E-state index < -0.39 is 0 Å². The van der Waals surface area contributed by atoms with E-state index in [9.17, 15) is 0 Å². The summed E-state index contributed by atoms with van der Waals surface area (Å²) in [6.07, 6.45) is 5.67. The fourth-order valence-corrected chi connectivity index (χ4v) is 5.76. The van der Waals surface area contributed by atoms with Crippen LogP contribution in [0, 0.1) is 0 Å². The van der Waals surface area contributed by atoms with Crippen molar-refractivity contribution in [2.24, 2.45) is 0 Å². The Morgan fingerprint density at radius 1 is 0.421 bits per heavy atom. The lowest BCUT2D eigenvalue weighted by atomic mass is 10.0. The number of aromatic nitrogens is 4. The Hall–Kier alpha value is -5.22. The minimum absolute atomic E-state index is 0.978. The van der Waals surface area contributed by atoms with E-state index in [4.69, 9.17) is 4.98 Å². The van der Waals surface area contributed by atoms with Gasteiger partial charge in [-0.2, -0.15) is 0 Å². The van der Waals surface area contributed by atoms with Crippen LogP contribution < -0.4 is 0 Å². The van der Waals surface area contributed by atoms with E-state index >= 15 is 0 Å². The SMILES string of the molecule is c1ccc2c(c1)c1ccncc1n2-c1ccc(-c2ccc(-n3c4ccccc4c4cccnc43)cc2)cc1. The number of hydrogen-bond acceptors (Lipinski definition) is 2. The predicted molar refractivity (Wildman–Crippen MR) is 156 cm³/mol. The fourth-order valence-electron chi connectivity index (χ4n) is 5.76. The van der Waals surface area contributed by atoms with E-state index in [0.717, 1.165) is 22.5 Å². The zero-order chi connectivity index (χ0) is 25.1. The first-order valence-electron chi connectivity index (χ1n) is 12.8. The van der Waals surface area contributed by atoms with Crippen LogP contribution in [-0.4, -0.2) is 19.1 Å². The molecule has 0 amide bonds. The Bertz CT molecular complexity index is 1850. The average Bonchev–Trinajstić information content (AvgIpc) is 3.51. The van der Waals surface area contributed by atoms with Gasteiger partial charge in [0, 0.05) is 45.3 Å². The van der Waals surface area contributed by atoms with Gasteiger partial charge in [0.05, 0.1) is 22.7 Å². The normalized spacial score (nSPS) is 11.7. The minimum atomic E-state index is 0.978. The first kappa shape index (κ1) is 20.9. The highest BCUT2D eigenvalue weighted by Crippen LogP contribution is 2.33. The number of para-hydroxylation sites is 2. The summed E-state index contributed by atoms with van der Waals surface area (Å²) < 4.78 is 4.54. The number of rotatable bonds is 3. The van der Waals surface area contributed by atoms with Crippen LogP contribution in [0.15, 0.2) is 134 Å². The largest absolute Gasteiger partial charge is 0.308 e. The van der Waals surface area contributed by atoms with Crippen LogP contribution in [0.3, 0.4) is 0 Å². The van der Waals surface area contributed by atoms with Gasteiger partial charge in [-0.25, -0.2) is 4.98 Å². The zero-order valence-corrected chi connectivity index (χ0v) is 20.5. The van der Waals surface area contributed by atoms with Gasteiger partial charge in [0.2, 0.25) is 0 Å². The lowest BCUT2D eigenvalue weighted by molar-refractivity contribution is 1.14. The second-order valence-corrected chi connectivity index (χ2v) is 9.57. The molecule has 38 heavy (non-hydrogen) atoms. The number of hydrogen-bond donors (Lipinski definition) is 0. The molecule has 4 heterocycles.